The lowest BCUT2D eigenvalue weighted by Crippen LogP contribution is -2.30. The number of anilines is 1. The van der Waals surface area contributed by atoms with Gasteiger partial charge in [0.1, 0.15) is 11.8 Å². The molecule has 0 spiro atoms. The molecule has 184 valence electrons. The van der Waals surface area contributed by atoms with Gasteiger partial charge in [-0.25, -0.2) is 4.98 Å². The van der Waals surface area contributed by atoms with Gasteiger partial charge in [0.15, 0.2) is 5.69 Å². The number of ether oxygens (including phenoxy) is 1. The van der Waals surface area contributed by atoms with Crippen molar-refractivity contribution < 1.29 is 35.9 Å². The maximum Gasteiger partial charge on any atom is 0.433 e. The van der Waals surface area contributed by atoms with Crippen LogP contribution in [0.1, 0.15) is 28.4 Å². The maximum atomic E-state index is 13.3. The number of rotatable bonds is 5. The van der Waals surface area contributed by atoms with Crippen LogP contribution in [0, 0.1) is 0 Å². The Morgan fingerprint density at radius 1 is 0.886 bits per heavy atom. The summed E-state index contributed by atoms with van der Waals surface area (Å²) in [6, 6.07) is 9.41. The lowest BCUT2D eigenvalue weighted by molar-refractivity contribution is -0.141. The Bertz CT molecular complexity index is 1300. The van der Waals surface area contributed by atoms with Crippen LogP contribution >= 0.6 is 0 Å². The molecule has 2 aromatic carbocycles. The largest absolute Gasteiger partial charge is 0.497 e. The van der Waals surface area contributed by atoms with E-state index in [0.717, 1.165) is 33.7 Å². The molecular weight excluding hydrogens is 480 g/mol. The second kappa shape index (κ2) is 8.75. The van der Waals surface area contributed by atoms with Crippen molar-refractivity contribution in [3.8, 4) is 5.75 Å². The molecule has 1 aliphatic heterocycles. The summed E-state index contributed by atoms with van der Waals surface area (Å²) in [5.41, 5.74) is -2.61. The van der Waals surface area contributed by atoms with E-state index in [9.17, 15) is 35.9 Å². The van der Waals surface area contributed by atoms with Crippen LogP contribution in [0.3, 0.4) is 0 Å². The number of amides is 1. The number of alkyl halides is 6. The van der Waals surface area contributed by atoms with Crippen molar-refractivity contribution in [1.29, 1.82) is 0 Å². The summed E-state index contributed by atoms with van der Waals surface area (Å²) in [5.74, 6) is -0.664. The molecule has 0 aliphatic carbocycles. The first-order valence-corrected chi connectivity index (χ1v) is 10.2. The highest BCUT2D eigenvalue weighted by molar-refractivity contribution is 5.98. The van der Waals surface area contributed by atoms with Crippen molar-refractivity contribution in [3.05, 3.63) is 87.3 Å². The van der Waals surface area contributed by atoms with E-state index in [-0.39, 0.29) is 13.0 Å². The molecule has 35 heavy (non-hydrogen) atoms. The van der Waals surface area contributed by atoms with Gasteiger partial charge in [-0.05, 0) is 35.4 Å². The van der Waals surface area contributed by atoms with Gasteiger partial charge in [0, 0.05) is 12.5 Å². The molecule has 0 saturated carbocycles. The van der Waals surface area contributed by atoms with Crippen molar-refractivity contribution in [2.75, 3.05) is 12.0 Å². The SMILES string of the molecule is COc1ccc(CN2C(=O)C(Cc3ccc(C(F)(F)F)cc3)n3c2nc(C(F)(F)F)cc3=O)cc1. The Kier molecular flexibility index (Phi) is 6.07. The van der Waals surface area contributed by atoms with E-state index in [1.54, 1.807) is 24.3 Å². The van der Waals surface area contributed by atoms with Crippen molar-refractivity contribution in [2.45, 2.75) is 31.4 Å². The second-order valence-corrected chi connectivity index (χ2v) is 7.83. The first kappa shape index (κ1) is 24.3. The summed E-state index contributed by atoms with van der Waals surface area (Å²) in [6.45, 7) is -0.180. The number of fused-ring (bicyclic) bond motifs is 1. The fourth-order valence-electron chi connectivity index (χ4n) is 3.79. The average molecular weight is 497 g/mol. The lowest BCUT2D eigenvalue weighted by Gasteiger charge is -2.17. The highest BCUT2D eigenvalue weighted by Crippen LogP contribution is 2.35. The predicted molar refractivity (Wildman–Crippen MR) is 112 cm³/mol. The minimum Gasteiger partial charge on any atom is -0.497 e. The van der Waals surface area contributed by atoms with Crippen LogP contribution in [0.4, 0.5) is 32.3 Å². The quantitative estimate of drug-likeness (QED) is 0.483. The molecule has 0 saturated heterocycles. The molecule has 1 aromatic heterocycles. The van der Waals surface area contributed by atoms with Crippen LogP contribution in [0.5, 0.6) is 5.75 Å². The smallest absolute Gasteiger partial charge is 0.433 e. The summed E-state index contributed by atoms with van der Waals surface area (Å²) < 4.78 is 84.5. The molecule has 1 unspecified atom stereocenters. The van der Waals surface area contributed by atoms with Gasteiger partial charge >= 0.3 is 12.4 Å². The van der Waals surface area contributed by atoms with Gasteiger partial charge in [0.25, 0.3) is 11.5 Å². The summed E-state index contributed by atoms with van der Waals surface area (Å²) in [5, 5.41) is 0. The van der Waals surface area contributed by atoms with Gasteiger partial charge in [-0.15, -0.1) is 0 Å². The third-order valence-electron chi connectivity index (χ3n) is 5.54. The summed E-state index contributed by atoms with van der Waals surface area (Å²) >= 11 is 0. The van der Waals surface area contributed by atoms with Crippen molar-refractivity contribution in [3.63, 3.8) is 0 Å². The number of benzene rings is 2. The molecule has 1 amide bonds. The zero-order valence-electron chi connectivity index (χ0n) is 18.0. The summed E-state index contributed by atoms with van der Waals surface area (Å²) in [6.07, 6.45) is -9.69. The van der Waals surface area contributed by atoms with E-state index in [4.69, 9.17) is 4.74 Å². The second-order valence-electron chi connectivity index (χ2n) is 7.83. The molecule has 6 nitrogen and oxygen atoms in total. The van der Waals surface area contributed by atoms with Crippen LogP contribution in [0.2, 0.25) is 0 Å². The molecule has 4 rings (SSSR count). The zero-order chi connectivity index (χ0) is 25.5. The minimum atomic E-state index is -4.92. The van der Waals surface area contributed by atoms with Gasteiger partial charge in [0.05, 0.1) is 19.2 Å². The Morgan fingerprint density at radius 2 is 1.49 bits per heavy atom. The third kappa shape index (κ3) is 4.86. The van der Waals surface area contributed by atoms with Gasteiger partial charge < -0.3 is 4.74 Å². The van der Waals surface area contributed by atoms with Crippen LogP contribution < -0.4 is 15.2 Å². The van der Waals surface area contributed by atoms with Crippen molar-refractivity contribution in [1.82, 2.24) is 9.55 Å². The van der Waals surface area contributed by atoms with Crippen molar-refractivity contribution >= 4 is 11.9 Å². The Hall–Kier alpha value is -3.83. The molecule has 1 aliphatic rings. The van der Waals surface area contributed by atoms with Gasteiger partial charge in [-0.2, -0.15) is 26.3 Å². The minimum absolute atomic E-state index is 0.180. The van der Waals surface area contributed by atoms with Crippen LogP contribution in [0.15, 0.2) is 59.4 Å². The molecule has 3 aromatic rings. The van der Waals surface area contributed by atoms with E-state index >= 15 is 0 Å². The highest BCUT2D eigenvalue weighted by atomic mass is 19.4. The number of methoxy groups -OCH3 is 1. The number of hydrogen-bond donors (Lipinski definition) is 0. The van der Waals surface area contributed by atoms with E-state index in [2.05, 4.69) is 4.98 Å². The number of halogens is 6. The van der Waals surface area contributed by atoms with Crippen LogP contribution in [-0.2, 0) is 30.1 Å². The fourth-order valence-corrected chi connectivity index (χ4v) is 3.79. The van der Waals surface area contributed by atoms with E-state index < -0.39 is 47.1 Å². The first-order chi connectivity index (χ1) is 16.4. The molecule has 2 heterocycles. The molecule has 0 N–H and O–H groups in total. The molecule has 0 bridgehead atoms. The maximum absolute atomic E-state index is 13.3. The van der Waals surface area contributed by atoms with Crippen LogP contribution in [-0.4, -0.2) is 22.6 Å². The summed E-state index contributed by atoms with van der Waals surface area (Å²) in [7, 11) is 1.45. The molecular formula is C23H17F6N3O3. The fraction of sp³-hybridized carbons (Fsp3) is 0.261. The topological polar surface area (TPSA) is 64.4 Å². The van der Waals surface area contributed by atoms with Crippen LogP contribution in [0.25, 0.3) is 0 Å². The molecule has 1 atom stereocenters. The highest BCUT2D eigenvalue weighted by Gasteiger charge is 2.42. The predicted octanol–water partition coefficient (Wildman–Crippen LogP) is 4.62. The first-order valence-electron chi connectivity index (χ1n) is 10.2. The lowest BCUT2D eigenvalue weighted by atomic mass is 10.0. The average Bonchev–Trinajstić information content (AvgIpc) is 3.05. The number of carbonyl (C=O) groups is 1. The molecule has 12 heteroatoms. The van der Waals surface area contributed by atoms with Gasteiger partial charge in [0.2, 0.25) is 5.95 Å². The van der Waals surface area contributed by atoms with Gasteiger partial charge in [-0.1, -0.05) is 24.3 Å². The van der Waals surface area contributed by atoms with Crippen molar-refractivity contribution in [2.24, 2.45) is 0 Å². The monoisotopic (exact) mass is 497 g/mol. The molecule has 0 fully saturated rings. The van der Waals surface area contributed by atoms with E-state index in [1.807, 2.05) is 0 Å². The Balaban J connectivity index is 1.73. The standard InChI is InChI=1S/C23H17F6N3O3/c1-35-16-8-4-14(5-9-16)12-31-20(34)17(10-13-2-6-15(7-3-13)22(24,25)26)32-19(33)11-18(23(27,28)29)30-21(31)32/h2-9,11,17H,10,12H2,1H3. The number of nitrogens with zero attached hydrogens (tertiary/aromatic N) is 3. The van der Waals surface area contributed by atoms with Gasteiger partial charge in [-0.3, -0.25) is 19.1 Å². The zero-order valence-corrected chi connectivity index (χ0v) is 18.0. The van der Waals surface area contributed by atoms with E-state index in [0.29, 0.717) is 22.9 Å². The Labute approximate surface area is 194 Å². The molecule has 0 radical (unpaired) electrons. The normalized spacial score (nSPS) is 15.9. The number of carbonyl (C=O) groups excluding carboxylic acids is 1. The third-order valence-corrected chi connectivity index (χ3v) is 5.54. The Morgan fingerprint density at radius 3 is 2.03 bits per heavy atom. The summed E-state index contributed by atoms with van der Waals surface area (Å²) in [4.78, 5) is 30.5. The number of aromatic nitrogens is 2. The number of hydrogen-bond acceptors (Lipinski definition) is 4. The van der Waals surface area contributed by atoms with E-state index in [1.165, 1.54) is 7.11 Å².